The van der Waals surface area contributed by atoms with Crippen molar-refractivity contribution in [3.8, 4) is 5.75 Å². The maximum atomic E-state index is 15.1. The Hall–Kier alpha value is -3.02. The Morgan fingerprint density at radius 1 is 1.05 bits per heavy atom. The summed E-state index contributed by atoms with van der Waals surface area (Å²) in [4.78, 5) is 30.9. The topological polar surface area (TPSA) is 93.1 Å². The van der Waals surface area contributed by atoms with Crippen LogP contribution in [0.25, 0.3) is 0 Å². The fourth-order valence-corrected chi connectivity index (χ4v) is 6.52. The summed E-state index contributed by atoms with van der Waals surface area (Å²) >= 11 is 0. The van der Waals surface area contributed by atoms with Gasteiger partial charge in [-0.3, -0.25) is 14.5 Å². The van der Waals surface area contributed by atoms with Gasteiger partial charge in [-0.05, 0) is 75.0 Å². The zero-order valence-electron chi connectivity index (χ0n) is 23.7. The zero-order valence-corrected chi connectivity index (χ0v) is 23.7. The van der Waals surface area contributed by atoms with Gasteiger partial charge in [-0.2, -0.15) is 13.2 Å². The smallest absolute Gasteiger partial charge is 0.404 e. The zero-order chi connectivity index (χ0) is 30.4. The number of aliphatic hydroxyl groups excluding tert-OH is 1. The lowest BCUT2D eigenvalue weighted by molar-refractivity contribution is -0.214. The lowest BCUT2D eigenvalue weighted by atomic mass is 9.66. The van der Waals surface area contributed by atoms with Crippen molar-refractivity contribution in [3.05, 3.63) is 65.0 Å². The van der Waals surface area contributed by atoms with Crippen LogP contribution in [0.3, 0.4) is 0 Å². The van der Waals surface area contributed by atoms with Gasteiger partial charge in [0.05, 0.1) is 12.5 Å². The molecule has 0 spiro atoms. The maximum Gasteiger partial charge on any atom is 0.404 e. The van der Waals surface area contributed by atoms with Crippen LogP contribution in [-0.4, -0.2) is 89.8 Å². The van der Waals surface area contributed by atoms with Crippen LogP contribution in [0, 0.1) is 24.6 Å². The number of nitrogens with zero attached hydrogens (tertiary/aromatic N) is 2. The van der Waals surface area contributed by atoms with Crippen molar-refractivity contribution in [1.82, 2.24) is 15.1 Å². The SMILES string of the molecule is Cc1c(F)cccc1[C@H]1[C@H](C(=O)N2CCCC2)[C@@H](C(F)(F)F)N(CCCCNCCO)C[C@@H]1C(=O)c1cccc(O)c1. The van der Waals surface area contributed by atoms with Gasteiger partial charge in [0, 0.05) is 43.6 Å². The molecule has 1 amide bonds. The molecule has 2 fully saturated rings. The number of aromatic hydroxyl groups is 1. The molecule has 7 nitrogen and oxygen atoms in total. The number of phenols is 1. The summed E-state index contributed by atoms with van der Waals surface area (Å²) in [5, 5.41) is 22.0. The van der Waals surface area contributed by atoms with E-state index in [9.17, 15) is 19.1 Å². The van der Waals surface area contributed by atoms with E-state index in [0.29, 0.717) is 51.9 Å². The normalized spacial score (nSPS) is 23.3. The minimum absolute atomic E-state index is 0.00651. The number of hydrogen-bond donors (Lipinski definition) is 3. The van der Waals surface area contributed by atoms with Crippen molar-refractivity contribution in [2.75, 3.05) is 45.9 Å². The summed E-state index contributed by atoms with van der Waals surface area (Å²) in [6.07, 6.45) is -2.55. The Morgan fingerprint density at radius 2 is 1.76 bits per heavy atom. The number of carbonyl (C=O) groups is 2. The molecular formula is C31H39F4N3O4. The highest BCUT2D eigenvalue weighted by Crippen LogP contribution is 2.49. The minimum atomic E-state index is -4.80. The number of unbranched alkanes of at least 4 members (excludes halogenated alkanes) is 1. The van der Waals surface area contributed by atoms with Crippen molar-refractivity contribution in [3.63, 3.8) is 0 Å². The van der Waals surface area contributed by atoms with E-state index >= 15 is 13.2 Å². The molecular weight excluding hydrogens is 554 g/mol. The number of hydrogen-bond acceptors (Lipinski definition) is 6. The second-order valence-electron chi connectivity index (χ2n) is 11.2. The second kappa shape index (κ2) is 14.0. The highest BCUT2D eigenvalue weighted by Gasteiger charge is 2.60. The van der Waals surface area contributed by atoms with Gasteiger partial charge in [-0.15, -0.1) is 0 Å². The van der Waals surface area contributed by atoms with E-state index in [1.807, 2.05) is 0 Å². The number of amides is 1. The highest BCUT2D eigenvalue weighted by molar-refractivity contribution is 5.99. The van der Waals surface area contributed by atoms with Gasteiger partial charge in [0.25, 0.3) is 0 Å². The number of carbonyl (C=O) groups excluding carboxylic acids is 2. The van der Waals surface area contributed by atoms with E-state index in [0.717, 1.165) is 0 Å². The van der Waals surface area contributed by atoms with Gasteiger partial charge in [0.1, 0.15) is 17.6 Å². The molecule has 0 radical (unpaired) electrons. The third kappa shape index (κ3) is 7.12. The Morgan fingerprint density at radius 3 is 2.43 bits per heavy atom. The summed E-state index contributed by atoms with van der Waals surface area (Å²) in [7, 11) is 0. The fourth-order valence-electron chi connectivity index (χ4n) is 6.52. The van der Waals surface area contributed by atoms with Gasteiger partial charge in [-0.1, -0.05) is 24.3 Å². The first-order valence-corrected chi connectivity index (χ1v) is 14.5. The molecule has 2 aromatic rings. The summed E-state index contributed by atoms with van der Waals surface area (Å²) < 4.78 is 60.2. The van der Waals surface area contributed by atoms with Crippen LogP contribution < -0.4 is 5.32 Å². The third-order valence-corrected chi connectivity index (χ3v) is 8.50. The highest BCUT2D eigenvalue weighted by atomic mass is 19.4. The standard InChI is InChI=1S/C31H39F4N3O4/c1-20-23(10-7-11-25(20)32)26-24(28(41)21-8-6-9-22(40)18-21)19-38(16-3-2-12-36-13-17-39)29(31(33,34)35)27(26)30(42)37-14-4-5-15-37/h6-11,18,24,26-27,29,36,39-40H,2-5,12-17,19H2,1H3/t24-,26+,27-,29-/m0/s1. The lowest BCUT2D eigenvalue weighted by Crippen LogP contribution is -2.63. The molecule has 4 atom stereocenters. The van der Waals surface area contributed by atoms with E-state index in [1.165, 1.54) is 59.2 Å². The predicted octanol–water partition coefficient (Wildman–Crippen LogP) is 4.27. The number of halogens is 4. The lowest BCUT2D eigenvalue weighted by Gasteiger charge is -2.50. The first-order valence-electron chi connectivity index (χ1n) is 14.5. The Balaban J connectivity index is 1.83. The summed E-state index contributed by atoms with van der Waals surface area (Å²) in [6, 6.07) is 7.59. The van der Waals surface area contributed by atoms with Gasteiger partial charge in [0.15, 0.2) is 5.78 Å². The van der Waals surface area contributed by atoms with Crippen molar-refractivity contribution in [1.29, 1.82) is 0 Å². The van der Waals surface area contributed by atoms with Crippen molar-refractivity contribution < 1.29 is 37.4 Å². The predicted molar refractivity (Wildman–Crippen MR) is 150 cm³/mol. The fraction of sp³-hybridized carbons (Fsp3) is 0.548. The van der Waals surface area contributed by atoms with E-state index < -0.39 is 47.5 Å². The van der Waals surface area contributed by atoms with Gasteiger partial charge in [-0.25, -0.2) is 4.39 Å². The largest absolute Gasteiger partial charge is 0.508 e. The summed E-state index contributed by atoms with van der Waals surface area (Å²) in [6.45, 7) is 2.65. The van der Waals surface area contributed by atoms with Crippen LogP contribution in [0.15, 0.2) is 42.5 Å². The monoisotopic (exact) mass is 593 g/mol. The van der Waals surface area contributed by atoms with Gasteiger partial charge in [0.2, 0.25) is 5.91 Å². The van der Waals surface area contributed by atoms with Crippen molar-refractivity contribution in [2.24, 2.45) is 11.8 Å². The number of ketones is 1. The van der Waals surface area contributed by atoms with E-state index in [-0.39, 0.29) is 42.1 Å². The summed E-state index contributed by atoms with van der Waals surface area (Å²) in [5.74, 6) is -5.98. The van der Waals surface area contributed by atoms with Crippen LogP contribution in [0.4, 0.5) is 17.6 Å². The second-order valence-corrected chi connectivity index (χ2v) is 11.2. The van der Waals surface area contributed by atoms with Gasteiger partial charge < -0.3 is 20.4 Å². The number of piperidine rings is 1. The molecule has 4 rings (SSSR count). The first-order chi connectivity index (χ1) is 20.0. The number of aliphatic hydroxyl groups is 1. The summed E-state index contributed by atoms with van der Waals surface area (Å²) in [5.41, 5.74) is 0.443. The molecule has 0 saturated carbocycles. The molecule has 0 aromatic heterocycles. The number of alkyl halides is 3. The molecule has 42 heavy (non-hydrogen) atoms. The molecule has 2 saturated heterocycles. The number of likely N-dealkylation sites (tertiary alicyclic amines) is 2. The molecule has 2 aliphatic heterocycles. The number of benzene rings is 2. The number of rotatable bonds is 11. The van der Waals surface area contributed by atoms with Crippen LogP contribution >= 0.6 is 0 Å². The molecule has 0 aliphatic carbocycles. The number of nitrogens with one attached hydrogen (secondary N) is 1. The molecule has 230 valence electrons. The maximum absolute atomic E-state index is 15.1. The average Bonchev–Trinajstić information content (AvgIpc) is 3.50. The minimum Gasteiger partial charge on any atom is -0.508 e. The molecule has 2 heterocycles. The molecule has 0 bridgehead atoms. The van der Waals surface area contributed by atoms with E-state index in [2.05, 4.69) is 5.32 Å². The van der Waals surface area contributed by atoms with E-state index in [4.69, 9.17) is 5.11 Å². The number of Topliss-reactive ketones (excluding diaryl/α,β-unsaturated/α-hetero) is 1. The van der Waals surface area contributed by atoms with Crippen LogP contribution in [0.2, 0.25) is 0 Å². The van der Waals surface area contributed by atoms with Gasteiger partial charge >= 0.3 is 6.18 Å². The van der Waals surface area contributed by atoms with E-state index in [1.54, 1.807) is 0 Å². The quantitative estimate of drug-likeness (QED) is 0.205. The molecule has 11 heteroatoms. The van der Waals surface area contributed by atoms with Crippen molar-refractivity contribution >= 4 is 11.7 Å². The van der Waals surface area contributed by atoms with Crippen LogP contribution in [0.1, 0.15) is 53.1 Å². The first kappa shape index (κ1) is 31.9. The average molecular weight is 594 g/mol. The molecule has 2 aliphatic rings. The Bertz CT molecular complexity index is 1230. The Labute approximate surface area is 243 Å². The molecule has 3 N–H and O–H groups in total. The van der Waals surface area contributed by atoms with Crippen molar-refractivity contribution in [2.45, 2.75) is 50.7 Å². The Kier molecular flexibility index (Phi) is 10.6. The van der Waals surface area contributed by atoms with Crippen LogP contribution in [-0.2, 0) is 4.79 Å². The molecule has 0 unspecified atom stereocenters. The van der Waals surface area contributed by atoms with Crippen LogP contribution in [0.5, 0.6) is 5.75 Å². The molecule has 2 aromatic carbocycles. The number of phenolic OH excluding ortho intramolecular Hbond substituents is 1. The third-order valence-electron chi connectivity index (χ3n) is 8.50.